The molecule has 0 radical (unpaired) electrons. The van der Waals surface area contributed by atoms with Crippen LogP contribution in [0.2, 0.25) is 0 Å². The Hall–Kier alpha value is -2.71. The number of hydrogen-bond acceptors (Lipinski definition) is 6. The van der Waals surface area contributed by atoms with Crippen LogP contribution in [0.5, 0.6) is 5.75 Å². The summed E-state index contributed by atoms with van der Waals surface area (Å²) in [5.74, 6) is 1.48. The molecule has 0 amide bonds. The number of rotatable bonds is 6. The van der Waals surface area contributed by atoms with Crippen LogP contribution in [0.25, 0.3) is 11.5 Å². The van der Waals surface area contributed by atoms with E-state index in [1.807, 2.05) is 38.1 Å². The Morgan fingerprint density at radius 1 is 1.13 bits per heavy atom. The molecule has 1 atom stereocenters. The van der Waals surface area contributed by atoms with E-state index in [1.54, 1.807) is 24.3 Å². The Bertz CT molecular complexity index is 1110. The third-order valence-electron chi connectivity index (χ3n) is 5.32. The van der Waals surface area contributed by atoms with Crippen molar-refractivity contribution in [2.45, 2.75) is 37.5 Å². The lowest BCUT2D eigenvalue weighted by molar-refractivity contribution is 0.286. The highest BCUT2D eigenvalue weighted by Crippen LogP contribution is 2.32. The van der Waals surface area contributed by atoms with Gasteiger partial charge >= 0.3 is 0 Å². The van der Waals surface area contributed by atoms with Crippen LogP contribution < -0.4 is 4.74 Å². The topological polar surface area (TPSA) is 85.5 Å². The summed E-state index contributed by atoms with van der Waals surface area (Å²) >= 11 is 0. The number of aromatic nitrogens is 2. The highest BCUT2D eigenvalue weighted by atomic mass is 32.2. The molecule has 1 saturated heterocycles. The Kier molecular flexibility index (Phi) is 5.87. The molecule has 1 aromatic heterocycles. The van der Waals surface area contributed by atoms with Gasteiger partial charge in [0.05, 0.1) is 17.4 Å². The standard InChI is InChI=1S/C22H25N3O4S/c1-3-28-18-10-12-19(13-11-18)30(26,27)25-14-6-8-17(15-25)21-23-24-22(29-21)20-9-5-4-7-16(20)2/h4-5,7,9-13,17H,3,6,8,14-15H2,1-2H3. The normalized spacial score (nSPS) is 17.7. The van der Waals surface area contributed by atoms with E-state index in [1.165, 1.54) is 4.31 Å². The fourth-order valence-electron chi connectivity index (χ4n) is 3.71. The maximum atomic E-state index is 13.1. The SMILES string of the molecule is CCOc1ccc(S(=O)(=O)N2CCCC(c3nnc(-c4ccccc4C)o3)C2)cc1. The van der Waals surface area contributed by atoms with E-state index in [4.69, 9.17) is 9.15 Å². The van der Waals surface area contributed by atoms with Crippen molar-refractivity contribution in [3.05, 3.63) is 60.0 Å². The van der Waals surface area contributed by atoms with Crippen LogP contribution in [0.3, 0.4) is 0 Å². The first-order valence-corrected chi connectivity index (χ1v) is 11.6. The molecule has 158 valence electrons. The summed E-state index contributed by atoms with van der Waals surface area (Å²) in [7, 11) is -3.60. The zero-order valence-electron chi connectivity index (χ0n) is 17.1. The molecule has 4 rings (SSSR count). The summed E-state index contributed by atoms with van der Waals surface area (Å²) in [5, 5.41) is 8.42. The van der Waals surface area contributed by atoms with Crippen molar-refractivity contribution in [1.82, 2.24) is 14.5 Å². The van der Waals surface area contributed by atoms with Gasteiger partial charge in [-0.25, -0.2) is 8.42 Å². The number of hydrogen-bond donors (Lipinski definition) is 0. The molecule has 2 aromatic carbocycles. The molecule has 0 bridgehead atoms. The second kappa shape index (κ2) is 8.57. The average Bonchev–Trinajstić information content (AvgIpc) is 3.25. The first-order chi connectivity index (χ1) is 14.5. The van der Waals surface area contributed by atoms with E-state index >= 15 is 0 Å². The molecule has 8 heteroatoms. The number of nitrogens with zero attached hydrogens (tertiary/aromatic N) is 3. The third kappa shape index (κ3) is 4.11. The average molecular weight is 428 g/mol. The van der Waals surface area contributed by atoms with E-state index in [-0.39, 0.29) is 10.8 Å². The van der Waals surface area contributed by atoms with Gasteiger partial charge in [-0.3, -0.25) is 0 Å². The summed E-state index contributed by atoms with van der Waals surface area (Å²) in [5.41, 5.74) is 1.95. The molecule has 0 aliphatic carbocycles. The van der Waals surface area contributed by atoms with E-state index in [2.05, 4.69) is 10.2 Å². The molecule has 1 aliphatic heterocycles. The van der Waals surface area contributed by atoms with Crippen molar-refractivity contribution in [2.75, 3.05) is 19.7 Å². The van der Waals surface area contributed by atoms with Crippen LogP contribution in [0.15, 0.2) is 57.8 Å². The Morgan fingerprint density at radius 3 is 2.63 bits per heavy atom. The van der Waals surface area contributed by atoms with Crippen LogP contribution in [-0.2, 0) is 10.0 Å². The number of piperidine rings is 1. The van der Waals surface area contributed by atoms with Gasteiger partial charge in [0.25, 0.3) is 0 Å². The number of benzene rings is 2. The highest BCUT2D eigenvalue weighted by Gasteiger charge is 2.33. The van der Waals surface area contributed by atoms with Gasteiger partial charge in [0.1, 0.15) is 5.75 Å². The summed E-state index contributed by atoms with van der Waals surface area (Å²) in [4.78, 5) is 0.262. The van der Waals surface area contributed by atoms with Gasteiger partial charge in [-0.2, -0.15) is 4.31 Å². The van der Waals surface area contributed by atoms with Crippen molar-refractivity contribution >= 4 is 10.0 Å². The first kappa shape index (κ1) is 20.6. The Morgan fingerprint density at radius 2 is 1.90 bits per heavy atom. The van der Waals surface area contributed by atoms with Crippen LogP contribution in [0.1, 0.15) is 37.1 Å². The predicted octanol–water partition coefficient (Wildman–Crippen LogP) is 4.01. The molecule has 0 N–H and O–H groups in total. The first-order valence-electron chi connectivity index (χ1n) is 10.1. The third-order valence-corrected chi connectivity index (χ3v) is 7.20. The van der Waals surface area contributed by atoms with Crippen LogP contribution >= 0.6 is 0 Å². The Balaban J connectivity index is 1.53. The smallest absolute Gasteiger partial charge is 0.248 e. The molecule has 3 aromatic rings. The monoisotopic (exact) mass is 427 g/mol. The zero-order chi connectivity index (χ0) is 21.1. The number of ether oxygens (including phenoxy) is 1. The van der Waals surface area contributed by atoms with E-state index in [0.717, 1.165) is 24.0 Å². The maximum Gasteiger partial charge on any atom is 0.248 e. The maximum absolute atomic E-state index is 13.1. The van der Waals surface area contributed by atoms with Crippen LogP contribution in [-0.4, -0.2) is 42.6 Å². The van der Waals surface area contributed by atoms with Crippen molar-refractivity contribution in [2.24, 2.45) is 0 Å². The van der Waals surface area contributed by atoms with Crippen molar-refractivity contribution in [1.29, 1.82) is 0 Å². The minimum Gasteiger partial charge on any atom is -0.494 e. The van der Waals surface area contributed by atoms with Gasteiger partial charge in [-0.15, -0.1) is 10.2 Å². The second-order valence-electron chi connectivity index (χ2n) is 7.37. The van der Waals surface area contributed by atoms with Gasteiger partial charge < -0.3 is 9.15 Å². The molecule has 0 saturated carbocycles. The molecule has 30 heavy (non-hydrogen) atoms. The highest BCUT2D eigenvalue weighted by molar-refractivity contribution is 7.89. The zero-order valence-corrected chi connectivity index (χ0v) is 17.9. The number of aryl methyl sites for hydroxylation is 1. The summed E-state index contributed by atoms with van der Waals surface area (Å²) in [6.07, 6.45) is 1.55. The molecule has 1 aliphatic rings. The van der Waals surface area contributed by atoms with Gasteiger partial charge in [-0.1, -0.05) is 18.2 Å². The predicted molar refractivity (Wildman–Crippen MR) is 113 cm³/mol. The summed E-state index contributed by atoms with van der Waals surface area (Å²) < 4.78 is 39.1. The second-order valence-corrected chi connectivity index (χ2v) is 9.30. The lowest BCUT2D eigenvalue weighted by Gasteiger charge is -2.30. The molecular weight excluding hydrogens is 402 g/mol. The van der Waals surface area contributed by atoms with Gasteiger partial charge in [0, 0.05) is 18.7 Å². The molecule has 2 heterocycles. The summed E-state index contributed by atoms with van der Waals surface area (Å²) in [6, 6.07) is 14.4. The number of sulfonamides is 1. The molecule has 1 fully saturated rings. The van der Waals surface area contributed by atoms with Gasteiger partial charge in [-0.05, 0) is 62.6 Å². The lowest BCUT2D eigenvalue weighted by atomic mass is 10.00. The van der Waals surface area contributed by atoms with Crippen molar-refractivity contribution < 1.29 is 17.6 Å². The molecule has 0 spiro atoms. The van der Waals surface area contributed by atoms with Crippen molar-refractivity contribution in [3.63, 3.8) is 0 Å². The van der Waals surface area contributed by atoms with Crippen LogP contribution in [0, 0.1) is 6.92 Å². The quantitative estimate of drug-likeness (QED) is 0.591. The van der Waals surface area contributed by atoms with Crippen LogP contribution in [0.4, 0.5) is 0 Å². The molecule has 7 nitrogen and oxygen atoms in total. The lowest BCUT2D eigenvalue weighted by Crippen LogP contribution is -2.39. The van der Waals surface area contributed by atoms with Gasteiger partial charge in [0.2, 0.25) is 21.8 Å². The largest absolute Gasteiger partial charge is 0.494 e. The minimum absolute atomic E-state index is 0.124. The van der Waals surface area contributed by atoms with Gasteiger partial charge in [0.15, 0.2) is 0 Å². The van der Waals surface area contributed by atoms with Crippen molar-refractivity contribution in [3.8, 4) is 17.2 Å². The Labute approximate surface area is 176 Å². The fraction of sp³-hybridized carbons (Fsp3) is 0.364. The van der Waals surface area contributed by atoms with E-state index in [9.17, 15) is 8.42 Å². The van der Waals surface area contributed by atoms with E-state index < -0.39 is 10.0 Å². The molecule has 1 unspecified atom stereocenters. The molecular formula is C22H25N3O4S. The van der Waals surface area contributed by atoms with E-state index in [0.29, 0.717) is 37.2 Å². The summed E-state index contributed by atoms with van der Waals surface area (Å²) in [6.45, 7) is 5.22. The fourth-order valence-corrected chi connectivity index (χ4v) is 5.23. The minimum atomic E-state index is -3.60.